The van der Waals surface area contributed by atoms with Crippen LogP contribution < -0.4 is 10.6 Å². The van der Waals surface area contributed by atoms with E-state index in [1.165, 1.54) is 19.3 Å². The van der Waals surface area contributed by atoms with Crippen molar-refractivity contribution in [2.75, 3.05) is 18.6 Å². The van der Waals surface area contributed by atoms with Crippen molar-refractivity contribution >= 4 is 16.8 Å². The third-order valence-corrected chi connectivity index (χ3v) is 3.70. The minimum Gasteiger partial charge on any atom is -0.338 e. The second kappa shape index (κ2) is 7.65. The number of amides is 2. The quantitative estimate of drug-likeness (QED) is 0.720. The Bertz CT molecular complexity index is 240. The SMILES string of the molecule is CS(=O)CCCNC(=O)NC1CCCCC1. The van der Waals surface area contributed by atoms with Crippen LogP contribution in [0.3, 0.4) is 0 Å². The Morgan fingerprint density at radius 1 is 1.31 bits per heavy atom. The molecule has 2 N–H and O–H groups in total. The first-order valence-corrected chi connectivity index (χ1v) is 7.75. The van der Waals surface area contributed by atoms with E-state index in [4.69, 9.17) is 0 Å². The van der Waals surface area contributed by atoms with Gasteiger partial charge in [-0.3, -0.25) is 4.21 Å². The molecule has 94 valence electrons. The van der Waals surface area contributed by atoms with E-state index in [9.17, 15) is 9.00 Å². The van der Waals surface area contributed by atoms with Crippen LogP contribution in [0.4, 0.5) is 4.79 Å². The molecule has 5 heteroatoms. The first kappa shape index (κ1) is 13.5. The van der Waals surface area contributed by atoms with Crippen molar-refractivity contribution in [2.45, 2.75) is 44.6 Å². The maximum atomic E-state index is 11.5. The van der Waals surface area contributed by atoms with Gasteiger partial charge in [0.1, 0.15) is 0 Å². The number of urea groups is 1. The van der Waals surface area contributed by atoms with Crippen LogP contribution in [0.1, 0.15) is 38.5 Å². The molecule has 1 atom stereocenters. The number of carbonyl (C=O) groups excluding carboxylic acids is 1. The van der Waals surface area contributed by atoms with E-state index in [2.05, 4.69) is 10.6 Å². The highest BCUT2D eigenvalue weighted by Crippen LogP contribution is 2.16. The van der Waals surface area contributed by atoms with Crippen LogP contribution in [0, 0.1) is 0 Å². The van der Waals surface area contributed by atoms with Gasteiger partial charge >= 0.3 is 6.03 Å². The van der Waals surface area contributed by atoms with Crippen LogP contribution in [0.25, 0.3) is 0 Å². The van der Waals surface area contributed by atoms with Crippen molar-refractivity contribution < 1.29 is 9.00 Å². The van der Waals surface area contributed by atoms with Gasteiger partial charge in [-0.2, -0.15) is 0 Å². The summed E-state index contributed by atoms with van der Waals surface area (Å²) >= 11 is 0. The molecule has 0 aliphatic heterocycles. The van der Waals surface area contributed by atoms with Crippen LogP contribution in [0.5, 0.6) is 0 Å². The van der Waals surface area contributed by atoms with Gasteiger partial charge in [-0.15, -0.1) is 0 Å². The lowest BCUT2D eigenvalue weighted by Gasteiger charge is -2.22. The van der Waals surface area contributed by atoms with E-state index in [1.54, 1.807) is 6.26 Å². The average molecular weight is 246 g/mol. The predicted molar refractivity (Wildman–Crippen MR) is 67.0 cm³/mol. The minimum atomic E-state index is -0.758. The van der Waals surface area contributed by atoms with Crippen molar-refractivity contribution in [3.8, 4) is 0 Å². The molecule has 0 saturated heterocycles. The number of carbonyl (C=O) groups is 1. The molecule has 16 heavy (non-hydrogen) atoms. The topological polar surface area (TPSA) is 58.2 Å². The molecule has 1 rings (SSSR count). The first-order valence-electron chi connectivity index (χ1n) is 6.03. The molecule has 0 bridgehead atoms. The summed E-state index contributed by atoms with van der Waals surface area (Å²) in [6.45, 7) is 0.609. The Hall–Kier alpha value is -0.580. The lowest BCUT2D eigenvalue weighted by molar-refractivity contribution is 0.232. The van der Waals surface area contributed by atoms with Crippen molar-refractivity contribution in [3.05, 3.63) is 0 Å². The summed E-state index contributed by atoms with van der Waals surface area (Å²) < 4.78 is 10.8. The summed E-state index contributed by atoms with van der Waals surface area (Å²) in [7, 11) is -0.758. The summed E-state index contributed by atoms with van der Waals surface area (Å²) in [5.74, 6) is 0.656. The zero-order valence-electron chi connectivity index (χ0n) is 9.96. The minimum absolute atomic E-state index is 0.0752. The smallest absolute Gasteiger partial charge is 0.315 e. The van der Waals surface area contributed by atoms with E-state index in [1.807, 2.05) is 0 Å². The average Bonchev–Trinajstić information content (AvgIpc) is 2.25. The number of hydrogen-bond acceptors (Lipinski definition) is 2. The van der Waals surface area contributed by atoms with Gasteiger partial charge in [0.05, 0.1) is 0 Å². The van der Waals surface area contributed by atoms with Gasteiger partial charge in [-0.05, 0) is 19.3 Å². The van der Waals surface area contributed by atoms with Gasteiger partial charge in [0.25, 0.3) is 0 Å². The van der Waals surface area contributed by atoms with Crippen LogP contribution >= 0.6 is 0 Å². The Labute approximate surface area is 100 Å². The largest absolute Gasteiger partial charge is 0.338 e. The molecule has 0 aromatic carbocycles. The molecule has 0 aromatic rings. The van der Waals surface area contributed by atoms with Gasteiger partial charge in [-0.1, -0.05) is 19.3 Å². The molecular weight excluding hydrogens is 224 g/mol. The van der Waals surface area contributed by atoms with Crippen LogP contribution in [-0.2, 0) is 10.8 Å². The molecule has 0 heterocycles. The molecule has 1 fully saturated rings. The van der Waals surface area contributed by atoms with Gasteiger partial charge in [0, 0.05) is 35.4 Å². The fourth-order valence-corrected chi connectivity index (χ4v) is 2.51. The van der Waals surface area contributed by atoms with Crippen LogP contribution in [-0.4, -0.2) is 34.8 Å². The van der Waals surface area contributed by atoms with Crippen LogP contribution in [0.15, 0.2) is 0 Å². The third-order valence-electron chi connectivity index (χ3n) is 2.83. The highest BCUT2D eigenvalue weighted by molar-refractivity contribution is 7.84. The lowest BCUT2D eigenvalue weighted by Crippen LogP contribution is -2.43. The summed E-state index contributed by atoms with van der Waals surface area (Å²) in [4.78, 5) is 11.5. The van der Waals surface area contributed by atoms with Crippen LogP contribution in [0.2, 0.25) is 0 Å². The molecule has 2 amide bonds. The van der Waals surface area contributed by atoms with Crippen molar-refractivity contribution in [1.82, 2.24) is 10.6 Å². The lowest BCUT2D eigenvalue weighted by atomic mass is 9.96. The molecule has 0 spiro atoms. The van der Waals surface area contributed by atoms with E-state index < -0.39 is 10.8 Å². The zero-order valence-corrected chi connectivity index (χ0v) is 10.8. The predicted octanol–water partition coefficient (Wildman–Crippen LogP) is 1.39. The second-order valence-electron chi connectivity index (χ2n) is 4.37. The number of nitrogens with one attached hydrogen (secondary N) is 2. The van der Waals surface area contributed by atoms with Gasteiger partial charge in [0.15, 0.2) is 0 Å². The normalized spacial score (nSPS) is 19.1. The summed E-state index contributed by atoms with van der Waals surface area (Å²) in [6.07, 6.45) is 8.41. The highest BCUT2D eigenvalue weighted by Gasteiger charge is 2.14. The molecule has 1 aliphatic carbocycles. The molecular formula is C11H22N2O2S. The van der Waals surface area contributed by atoms with E-state index in [0.717, 1.165) is 19.3 Å². The Kier molecular flexibility index (Phi) is 6.45. The third kappa shape index (κ3) is 6.10. The Balaban J connectivity index is 2.03. The summed E-state index contributed by atoms with van der Waals surface area (Å²) in [6, 6.07) is 0.280. The Morgan fingerprint density at radius 2 is 2.00 bits per heavy atom. The standard InChI is InChI=1S/C11H22N2O2S/c1-16(15)9-5-8-12-11(14)13-10-6-3-2-4-7-10/h10H,2-9H2,1H3,(H2,12,13,14). The van der Waals surface area contributed by atoms with Crippen molar-refractivity contribution in [2.24, 2.45) is 0 Å². The first-order chi connectivity index (χ1) is 7.68. The molecule has 0 radical (unpaired) electrons. The molecule has 4 nitrogen and oxygen atoms in total. The van der Waals surface area contributed by atoms with Crippen molar-refractivity contribution in [3.63, 3.8) is 0 Å². The van der Waals surface area contributed by atoms with E-state index in [0.29, 0.717) is 18.3 Å². The zero-order chi connectivity index (χ0) is 11.8. The van der Waals surface area contributed by atoms with E-state index >= 15 is 0 Å². The summed E-state index contributed by atoms with van der Waals surface area (Å²) in [5.41, 5.74) is 0. The number of rotatable bonds is 5. The summed E-state index contributed by atoms with van der Waals surface area (Å²) in [5, 5.41) is 5.78. The maximum Gasteiger partial charge on any atom is 0.315 e. The molecule has 1 saturated carbocycles. The fraction of sp³-hybridized carbons (Fsp3) is 0.909. The van der Waals surface area contributed by atoms with Gasteiger partial charge in [-0.25, -0.2) is 4.79 Å². The second-order valence-corrected chi connectivity index (χ2v) is 5.92. The monoisotopic (exact) mass is 246 g/mol. The maximum absolute atomic E-state index is 11.5. The fourth-order valence-electron chi connectivity index (χ4n) is 1.96. The Morgan fingerprint density at radius 3 is 2.62 bits per heavy atom. The highest BCUT2D eigenvalue weighted by atomic mass is 32.2. The van der Waals surface area contributed by atoms with Gasteiger partial charge < -0.3 is 10.6 Å². The van der Waals surface area contributed by atoms with Gasteiger partial charge in [0.2, 0.25) is 0 Å². The molecule has 1 aliphatic rings. The van der Waals surface area contributed by atoms with E-state index in [-0.39, 0.29) is 6.03 Å². The molecule has 0 aromatic heterocycles. The van der Waals surface area contributed by atoms with Crippen molar-refractivity contribution in [1.29, 1.82) is 0 Å². The number of hydrogen-bond donors (Lipinski definition) is 2. The molecule has 1 unspecified atom stereocenters.